The average Bonchev–Trinajstić information content (AvgIpc) is 3.82. The van der Waals surface area contributed by atoms with Gasteiger partial charge >= 0.3 is 342 Å². The Morgan fingerprint density at radius 2 is 0.944 bits per heavy atom. The van der Waals surface area contributed by atoms with Crippen LogP contribution in [0.2, 0.25) is 36.3 Å². The normalized spacial score (nSPS) is 14.6. The molecule has 6 rings (SSSR count). The first-order valence-corrected chi connectivity index (χ1v) is 30.4. The van der Waals surface area contributed by atoms with Gasteiger partial charge in [0.25, 0.3) is 0 Å². The number of fused-ring (bicyclic) bond motifs is 3. The summed E-state index contributed by atoms with van der Waals surface area (Å²) >= 11 is -2.84. The minimum atomic E-state index is -2.84. The van der Waals surface area contributed by atoms with Gasteiger partial charge in [0.2, 0.25) is 0 Å². The SMILES string of the molecule is CC[Si](CC)(CC)c1ccc([C](c2ccc([Si](CC)(CC)CC)cc2)=[Zr]([C]2=CC=CC2)[CH]2c3cc(C(C)(C)C)ccc3-c3ccc(C(C)(C)C)cc32)cc1. The van der Waals surface area contributed by atoms with Gasteiger partial charge in [-0.1, -0.05) is 0 Å². The van der Waals surface area contributed by atoms with Crippen LogP contribution in [-0.2, 0) is 32.1 Å². The van der Waals surface area contributed by atoms with E-state index in [0.29, 0.717) is 3.63 Å². The van der Waals surface area contributed by atoms with Gasteiger partial charge in [-0.15, -0.1) is 0 Å². The summed E-state index contributed by atoms with van der Waals surface area (Å²) in [5, 5.41) is 3.29. The van der Waals surface area contributed by atoms with Crippen molar-refractivity contribution >= 4 is 29.7 Å². The fourth-order valence-corrected chi connectivity index (χ4v) is 26.0. The van der Waals surface area contributed by atoms with Gasteiger partial charge < -0.3 is 0 Å². The van der Waals surface area contributed by atoms with Gasteiger partial charge in [0.1, 0.15) is 0 Å². The Balaban J connectivity index is 1.72. The number of hydrogen-bond donors (Lipinski definition) is 0. The van der Waals surface area contributed by atoms with E-state index in [9.17, 15) is 0 Å². The molecule has 0 bridgehead atoms. The molecule has 0 atom stereocenters. The molecule has 0 saturated carbocycles. The monoisotopic (exact) mass is 826 g/mol. The second kappa shape index (κ2) is 16.2. The molecule has 0 saturated heterocycles. The molecule has 0 heterocycles. The number of hydrogen-bond acceptors (Lipinski definition) is 0. The molecular weight excluding hydrogens is 760 g/mol. The van der Waals surface area contributed by atoms with E-state index in [0.717, 1.165) is 6.42 Å². The molecular formula is C51H68Si2Zr. The van der Waals surface area contributed by atoms with Crippen LogP contribution in [0.3, 0.4) is 0 Å². The summed E-state index contributed by atoms with van der Waals surface area (Å²) < 4.78 is 3.82. The topological polar surface area (TPSA) is 0 Å². The maximum atomic E-state index is 2.64. The molecule has 0 radical (unpaired) electrons. The average molecular weight is 829 g/mol. The predicted molar refractivity (Wildman–Crippen MR) is 243 cm³/mol. The van der Waals surface area contributed by atoms with Crippen molar-refractivity contribution in [1.82, 2.24) is 0 Å². The third-order valence-corrected chi connectivity index (χ3v) is 33.6. The number of benzene rings is 4. The first-order chi connectivity index (χ1) is 25.7. The third-order valence-electron chi connectivity index (χ3n) is 14.1. The molecule has 3 heteroatoms. The summed E-state index contributed by atoms with van der Waals surface area (Å²) in [6.07, 6.45) is 8.42. The summed E-state index contributed by atoms with van der Waals surface area (Å²) in [7, 11) is -3.01. The van der Waals surface area contributed by atoms with Gasteiger partial charge in [0.05, 0.1) is 0 Å². The van der Waals surface area contributed by atoms with E-state index in [4.69, 9.17) is 0 Å². The maximum absolute atomic E-state index is 2.84. The molecule has 0 aliphatic heterocycles. The number of allylic oxidation sites excluding steroid dienone is 4. The summed E-state index contributed by atoms with van der Waals surface area (Å²) in [6.45, 7) is 28.9. The molecule has 284 valence electrons. The van der Waals surface area contributed by atoms with Crippen molar-refractivity contribution in [2.45, 2.75) is 140 Å². The van der Waals surface area contributed by atoms with E-state index in [2.05, 4.69) is 186 Å². The quantitative estimate of drug-likeness (QED) is 0.125. The van der Waals surface area contributed by atoms with E-state index >= 15 is 0 Å². The fraction of sp³-hybridized carbons (Fsp3) is 0.431. The molecule has 4 aromatic carbocycles. The summed E-state index contributed by atoms with van der Waals surface area (Å²) in [5.74, 6) is 0. The van der Waals surface area contributed by atoms with Crippen molar-refractivity contribution < 1.29 is 21.3 Å². The van der Waals surface area contributed by atoms with Crippen LogP contribution in [-0.4, -0.2) is 19.4 Å². The third kappa shape index (κ3) is 7.53. The molecule has 2 aliphatic carbocycles. The molecule has 0 unspecified atom stereocenters. The first-order valence-electron chi connectivity index (χ1n) is 21.3. The first kappa shape index (κ1) is 41.2. The molecule has 0 spiro atoms. The molecule has 0 N–H and O–H groups in total. The Labute approximate surface area is 339 Å². The van der Waals surface area contributed by atoms with Gasteiger partial charge in [0.15, 0.2) is 0 Å². The van der Waals surface area contributed by atoms with E-state index in [1.165, 1.54) is 69.6 Å². The summed E-state index contributed by atoms with van der Waals surface area (Å²) in [4.78, 5) is 0. The molecule has 0 nitrogen and oxygen atoms in total. The van der Waals surface area contributed by atoms with Gasteiger partial charge in [-0.3, -0.25) is 0 Å². The van der Waals surface area contributed by atoms with Crippen molar-refractivity contribution in [2.24, 2.45) is 0 Å². The molecule has 2 aliphatic rings. The van der Waals surface area contributed by atoms with E-state index in [1.54, 1.807) is 28.0 Å². The Morgan fingerprint density at radius 3 is 1.26 bits per heavy atom. The van der Waals surface area contributed by atoms with Gasteiger partial charge in [-0.25, -0.2) is 0 Å². The fourth-order valence-electron chi connectivity index (χ4n) is 9.83. The minimum absolute atomic E-state index is 0.0866. The van der Waals surface area contributed by atoms with Crippen LogP contribution in [0.15, 0.2) is 106 Å². The van der Waals surface area contributed by atoms with Crippen LogP contribution in [0.4, 0.5) is 0 Å². The molecule has 54 heavy (non-hydrogen) atoms. The van der Waals surface area contributed by atoms with Gasteiger partial charge in [-0.05, 0) is 0 Å². The van der Waals surface area contributed by atoms with E-state index in [-0.39, 0.29) is 10.8 Å². The predicted octanol–water partition coefficient (Wildman–Crippen LogP) is 13.5. The molecule has 0 aromatic heterocycles. The number of rotatable bonds is 12. The van der Waals surface area contributed by atoms with Crippen molar-refractivity contribution in [3.8, 4) is 11.1 Å². The summed E-state index contributed by atoms with van der Waals surface area (Å²) in [5.41, 5.74) is 12.1. The second-order valence-electron chi connectivity index (χ2n) is 18.5. The standard InChI is InChI=1S/C25H38Si2.C21H25.C5H5.Zr/c1-7-26(8-2,9-3)24-17-13-22(14-18-24)21-23-15-19-25(20-16-23)27(10-4,11-5)12-6;1-20(2,3)16-7-9-18-14(12-16)11-15-13-17(21(4,5)6)8-10-19(15)18;1-2-4-5-3-1;/h13-20H,7-12H2,1-6H3;7-13H,1-6H3;1-3H,4H2;. The Bertz CT molecular complexity index is 1910. The Hall–Kier alpha value is -2.45. The van der Waals surface area contributed by atoms with Gasteiger partial charge in [-0.2, -0.15) is 0 Å². The Morgan fingerprint density at radius 1 is 0.556 bits per heavy atom. The zero-order valence-corrected chi connectivity index (χ0v) is 40.3. The summed E-state index contributed by atoms with van der Waals surface area (Å²) in [6, 6.07) is 43.5. The van der Waals surface area contributed by atoms with Gasteiger partial charge in [0, 0.05) is 0 Å². The van der Waals surface area contributed by atoms with Crippen LogP contribution in [0, 0.1) is 0 Å². The van der Waals surface area contributed by atoms with Crippen molar-refractivity contribution in [3.05, 3.63) is 140 Å². The van der Waals surface area contributed by atoms with Crippen LogP contribution in [0.1, 0.15) is 127 Å². The van der Waals surface area contributed by atoms with Crippen LogP contribution < -0.4 is 10.4 Å². The van der Waals surface area contributed by atoms with Crippen molar-refractivity contribution in [3.63, 3.8) is 0 Å². The zero-order chi connectivity index (χ0) is 39.1. The van der Waals surface area contributed by atoms with Crippen molar-refractivity contribution in [1.29, 1.82) is 0 Å². The molecule has 0 amide bonds. The van der Waals surface area contributed by atoms with E-state index in [1.807, 2.05) is 0 Å². The molecule has 0 fully saturated rings. The zero-order valence-electron chi connectivity index (χ0n) is 35.8. The van der Waals surface area contributed by atoms with Crippen LogP contribution in [0.25, 0.3) is 11.1 Å². The molecule has 4 aromatic rings. The second-order valence-corrected chi connectivity index (χ2v) is 35.3. The van der Waals surface area contributed by atoms with Crippen LogP contribution >= 0.6 is 0 Å². The van der Waals surface area contributed by atoms with Crippen LogP contribution in [0.5, 0.6) is 0 Å². The van der Waals surface area contributed by atoms with E-state index < -0.39 is 37.4 Å². The Kier molecular flexibility index (Phi) is 12.3. The van der Waals surface area contributed by atoms with Crippen molar-refractivity contribution in [2.75, 3.05) is 0 Å².